The van der Waals surface area contributed by atoms with Gasteiger partial charge < -0.3 is 5.32 Å². The molecule has 1 atom stereocenters. The molecule has 1 rings (SSSR count). The Morgan fingerprint density at radius 2 is 2.25 bits per heavy atom. The zero-order chi connectivity index (χ0) is 12.1. The van der Waals surface area contributed by atoms with Crippen LogP contribution >= 0.6 is 15.9 Å². The zero-order valence-electron chi connectivity index (χ0n) is 9.69. The fourth-order valence-corrected chi connectivity index (χ4v) is 1.95. The summed E-state index contributed by atoms with van der Waals surface area (Å²) in [7, 11) is 0. The Kier molecular flexibility index (Phi) is 5.16. The van der Waals surface area contributed by atoms with Gasteiger partial charge in [0.15, 0.2) is 0 Å². The fourth-order valence-electron chi connectivity index (χ4n) is 1.56. The van der Waals surface area contributed by atoms with Gasteiger partial charge in [0.25, 0.3) is 0 Å². The van der Waals surface area contributed by atoms with Gasteiger partial charge >= 0.3 is 0 Å². The average molecular weight is 286 g/mol. The molecule has 0 saturated heterocycles. The summed E-state index contributed by atoms with van der Waals surface area (Å²) in [6.45, 7) is 8.98. The molecule has 0 radical (unpaired) electrons. The third-order valence-corrected chi connectivity index (χ3v) is 2.98. The smallest absolute Gasteiger partial charge is 0.137 e. The first kappa shape index (κ1) is 13.4. The summed E-state index contributed by atoms with van der Waals surface area (Å²) in [5.41, 5.74) is 2.07. The lowest BCUT2D eigenvalue weighted by atomic mass is 10.0. The van der Waals surface area contributed by atoms with Crippen molar-refractivity contribution < 1.29 is 4.39 Å². The highest BCUT2D eigenvalue weighted by atomic mass is 79.9. The third-order valence-electron chi connectivity index (χ3n) is 2.37. The third kappa shape index (κ3) is 3.42. The summed E-state index contributed by atoms with van der Waals surface area (Å²) in [4.78, 5) is 0. The molecule has 0 spiro atoms. The number of benzene rings is 1. The van der Waals surface area contributed by atoms with Gasteiger partial charge in [-0.15, -0.1) is 0 Å². The van der Waals surface area contributed by atoms with E-state index < -0.39 is 0 Å². The van der Waals surface area contributed by atoms with Crippen LogP contribution in [0.1, 0.15) is 31.9 Å². The van der Waals surface area contributed by atoms with Crippen LogP contribution in [-0.4, -0.2) is 6.54 Å². The van der Waals surface area contributed by atoms with E-state index in [0.717, 1.165) is 24.1 Å². The molecule has 88 valence electrons. The number of halogens is 2. The molecular formula is C13H17BrFN. The van der Waals surface area contributed by atoms with Crippen LogP contribution < -0.4 is 5.32 Å². The Morgan fingerprint density at radius 1 is 1.56 bits per heavy atom. The second kappa shape index (κ2) is 6.16. The molecule has 0 aliphatic carbocycles. The highest BCUT2D eigenvalue weighted by Gasteiger charge is 2.12. The predicted octanol–water partition coefficient (Wildman–Crippen LogP) is 4.21. The van der Waals surface area contributed by atoms with E-state index in [1.165, 1.54) is 6.07 Å². The van der Waals surface area contributed by atoms with Crippen molar-refractivity contribution >= 4 is 15.9 Å². The fraction of sp³-hybridized carbons (Fsp3) is 0.385. The standard InChI is InChI=1S/C13H17BrFN/c1-4-7-16-13(9(2)3)10-5-6-12(15)11(14)8-10/h5-6,8,13,16H,2,4,7H2,1,3H3. The summed E-state index contributed by atoms with van der Waals surface area (Å²) in [5.74, 6) is -0.236. The van der Waals surface area contributed by atoms with Crippen molar-refractivity contribution in [3.63, 3.8) is 0 Å². The van der Waals surface area contributed by atoms with Gasteiger partial charge in [-0.1, -0.05) is 25.1 Å². The van der Waals surface area contributed by atoms with Gasteiger partial charge in [0.05, 0.1) is 10.5 Å². The van der Waals surface area contributed by atoms with Crippen molar-refractivity contribution in [3.05, 3.63) is 46.2 Å². The first-order chi connectivity index (χ1) is 7.56. The predicted molar refractivity (Wildman–Crippen MR) is 69.9 cm³/mol. The van der Waals surface area contributed by atoms with Gasteiger partial charge in [-0.25, -0.2) is 4.39 Å². The van der Waals surface area contributed by atoms with E-state index in [1.54, 1.807) is 12.1 Å². The zero-order valence-corrected chi connectivity index (χ0v) is 11.3. The van der Waals surface area contributed by atoms with Crippen molar-refractivity contribution in [1.82, 2.24) is 5.32 Å². The van der Waals surface area contributed by atoms with Crippen molar-refractivity contribution in [2.75, 3.05) is 6.54 Å². The molecule has 3 heteroatoms. The van der Waals surface area contributed by atoms with Crippen LogP contribution in [0, 0.1) is 5.82 Å². The first-order valence-electron chi connectivity index (χ1n) is 5.40. The molecule has 0 fully saturated rings. The van der Waals surface area contributed by atoms with E-state index in [-0.39, 0.29) is 11.9 Å². The molecule has 16 heavy (non-hydrogen) atoms. The van der Waals surface area contributed by atoms with Gasteiger partial charge in [0.1, 0.15) is 5.82 Å². The van der Waals surface area contributed by atoms with Crippen LogP contribution in [-0.2, 0) is 0 Å². The lowest BCUT2D eigenvalue weighted by Gasteiger charge is -2.19. The molecule has 0 heterocycles. The normalized spacial score (nSPS) is 12.5. The largest absolute Gasteiger partial charge is 0.307 e. The maximum atomic E-state index is 13.1. The highest BCUT2D eigenvalue weighted by molar-refractivity contribution is 9.10. The quantitative estimate of drug-likeness (QED) is 0.800. The Labute approximate surface area is 105 Å². The molecule has 0 saturated carbocycles. The summed E-state index contributed by atoms with van der Waals surface area (Å²) in [5, 5.41) is 3.39. The van der Waals surface area contributed by atoms with Crippen LogP contribution in [0.3, 0.4) is 0 Å². The van der Waals surface area contributed by atoms with Crippen LogP contribution in [0.4, 0.5) is 4.39 Å². The minimum Gasteiger partial charge on any atom is -0.307 e. The molecule has 1 nitrogen and oxygen atoms in total. The van der Waals surface area contributed by atoms with Crippen LogP contribution in [0.15, 0.2) is 34.8 Å². The van der Waals surface area contributed by atoms with E-state index >= 15 is 0 Å². The Balaban J connectivity index is 2.92. The number of hydrogen-bond donors (Lipinski definition) is 1. The minimum absolute atomic E-state index is 0.0943. The van der Waals surface area contributed by atoms with Gasteiger partial charge in [-0.2, -0.15) is 0 Å². The van der Waals surface area contributed by atoms with Gasteiger partial charge in [-0.3, -0.25) is 0 Å². The van der Waals surface area contributed by atoms with E-state index in [1.807, 2.05) is 6.92 Å². The molecule has 0 bridgehead atoms. The number of rotatable bonds is 5. The van der Waals surface area contributed by atoms with Crippen LogP contribution in [0.5, 0.6) is 0 Å². The average Bonchev–Trinajstić information content (AvgIpc) is 2.23. The molecule has 1 unspecified atom stereocenters. The number of hydrogen-bond acceptors (Lipinski definition) is 1. The summed E-state index contributed by atoms with van der Waals surface area (Å²) < 4.78 is 13.6. The van der Waals surface area contributed by atoms with Crippen LogP contribution in [0.25, 0.3) is 0 Å². The van der Waals surface area contributed by atoms with Gasteiger partial charge in [0, 0.05) is 0 Å². The molecule has 0 aliphatic rings. The molecule has 0 aliphatic heterocycles. The SMILES string of the molecule is C=C(C)C(NCCC)c1ccc(F)c(Br)c1. The Bertz CT molecular complexity index is 376. The van der Waals surface area contributed by atoms with Crippen molar-refractivity contribution in [3.8, 4) is 0 Å². The Morgan fingerprint density at radius 3 is 2.75 bits per heavy atom. The maximum Gasteiger partial charge on any atom is 0.137 e. The van der Waals surface area contributed by atoms with Crippen LogP contribution in [0.2, 0.25) is 0 Å². The van der Waals surface area contributed by atoms with E-state index in [0.29, 0.717) is 4.47 Å². The summed E-state index contributed by atoms with van der Waals surface area (Å²) in [6.07, 6.45) is 1.06. The van der Waals surface area contributed by atoms with Crippen molar-refractivity contribution in [1.29, 1.82) is 0 Å². The van der Waals surface area contributed by atoms with Crippen molar-refractivity contribution in [2.24, 2.45) is 0 Å². The molecule has 1 N–H and O–H groups in total. The second-order valence-electron chi connectivity index (χ2n) is 3.91. The lowest BCUT2D eigenvalue weighted by Crippen LogP contribution is -2.22. The molecule has 0 aromatic heterocycles. The molecule has 0 amide bonds. The minimum atomic E-state index is -0.236. The Hall–Kier alpha value is -0.670. The lowest BCUT2D eigenvalue weighted by molar-refractivity contribution is 0.585. The van der Waals surface area contributed by atoms with Gasteiger partial charge in [-0.05, 0) is 53.5 Å². The maximum absolute atomic E-state index is 13.1. The van der Waals surface area contributed by atoms with Crippen molar-refractivity contribution in [2.45, 2.75) is 26.3 Å². The highest BCUT2D eigenvalue weighted by Crippen LogP contribution is 2.25. The summed E-state index contributed by atoms with van der Waals surface area (Å²) >= 11 is 3.20. The molecular weight excluding hydrogens is 269 g/mol. The second-order valence-corrected chi connectivity index (χ2v) is 4.76. The first-order valence-corrected chi connectivity index (χ1v) is 6.19. The van der Waals surface area contributed by atoms with E-state index in [9.17, 15) is 4.39 Å². The van der Waals surface area contributed by atoms with Gasteiger partial charge in [0.2, 0.25) is 0 Å². The van der Waals surface area contributed by atoms with E-state index in [2.05, 4.69) is 34.7 Å². The molecule has 1 aromatic rings. The molecule has 1 aromatic carbocycles. The summed E-state index contributed by atoms with van der Waals surface area (Å²) in [6, 6.07) is 5.17. The van der Waals surface area contributed by atoms with E-state index in [4.69, 9.17) is 0 Å². The number of nitrogens with one attached hydrogen (secondary N) is 1. The topological polar surface area (TPSA) is 12.0 Å². The monoisotopic (exact) mass is 285 g/mol.